The van der Waals surface area contributed by atoms with E-state index in [9.17, 15) is 4.79 Å². The van der Waals surface area contributed by atoms with Crippen LogP contribution < -0.4 is 0 Å². The molecule has 0 amide bonds. The van der Waals surface area contributed by atoms with Gasteiger partial charge in [0.15, 0.2) is 0 Å². The average molecular weight is 138 g/mol. The Hall–Kier alpha value is -0.790. The third-order valence-corrected chi connectivity index (χ3v) is 2.60. The molecule has 0 aromatic rings. The van der Waals surface area contributed by atoms with Crippen LogP contribution in [0, 0.1) is 17.8 Å². The van der Waals surface area contributed by atoms with Gasteiger partial charge in [0.25, 0.3) is 0 Å². The highest BCUT2D eigenvalue weighted by atomic mass is 16.4. The maximum Gasteiger partial charge on any atom is 0.307 e. The van der Waals surface area contributed by atoms with E-state index in [0.29, 0.717) is 11.8 Å². The summed E-state index contributed by atoms with van der Waals surface area (Å²) in [6.45, 7) is 0. The lowest BCUT2D eigenvalue weighted by Gasteiger charge is -2.11. The van der Waals surface area contributed by atoms with Gasteiger partial charge in [-0.05, 0) is 24.7 Å². The van der Waals surface area contributed by atoms with Gasteiger partial charge < -0.3 is 5.11 Å². The van der Waals surface area contributed by atoms with Gasteiger partial charge >= 0.3 is 5.97 Å². The van der Waals surface area contributed by atoms with Crippen molar-refractivity contribution in [3.8, 4) is 0 Å². The predicted molar refractivity (Wildman–Crippen MR) is 36.5 cm³/mol. The van der Waals surface area contributed by atoms with Crippen LogP contribution in [0.3, 0.4) is 0 Å². The Kier molecular flexibility index (Phi) is 1.10. The Balaban J connectivity index is 2.16. The molecule has 0 aromatic carbocycles. The normalized spacial score (nSPS) is 42.6. The summed E-state index contributed by atoms with van der Waals surface area (Å²) in [5.74, 6) is 0.237. The highest BCUT2D eigenvalue weighted by Gasteiger charge is 2.39. The molecular weight excluding hydrogens is 128 g/mol. The summed E-state index contributed by atoms with van der Waals surface area (Å²) >= 11 is 0. The van der Waals surface area contributed by atoms with Crippen LogP contribution in [0.4, 0.5) is 0 Å². The van der Waals surface area contributed by atoms with E-state index in [1.54, 1.807) is 0 Å². The molecule has 2 aliphatic carbocycles. The third-order valence-electron chi connectivity index (χ3n) is 2.60. The minimum atomic E-state index is -0.614. The molecule has 10 heavy (non-hydrogen) atoms. The Bertz CT molecular complexity index is 195. The number of fused-ring (bicyclic) bond motifs is 2. The minimum Gasteiger partial charge on any atom is -0.481 e. The molecular formula is C8H10O2. The van der Waals surface area contributed by atoms with Gasteiger partial charge in [0.2, 0.25) is 0 Å². The lowest BCUT2D eigenvalue weighted by molar-refractivity contribution is -0.142. The van der Waals surface area contributed by atoms with Crippen LogP contribution in [0.2, 0.25) is 0 Å². The van der Waals surface area contributed by atoms with Crippen molar-refractivity contribution in [2.75, 3.05) is 0 Å². The van der Waals surface area contributed by atoms with Crippen molar-refractivity contribution in [2.45, 2.75) is 12.8 Å². The highest BCUT2D eigenvalue weighted by molar-refractivity contribution is 5.71. The topological polar surface area (TPSA) is 37.3 Å². The van der Waals surface area contributed by atoms with Crippen LogP contribution in [-0.2, 0) is 4.79 Å². The zero-order chi connectivity index (χ0) is 7.14. The molecule has 0 saturated heterocycles. The molecule has 0 aliphatic heterocycles. The fraction of sp³-hybridized carbons (Fsp3) is 0.625. The maximum atomic E-state index is 10.6. The van der Waals surface area contributed by atoms with Gasteiger partial charge in [-0.2, -0.15) is 0 Å². The largest absolute Gasteiger partial charge is 0.481 e. The molecule has 1 N–H and O–H groups in total. The first kappa shape index (κ1) is 5.96. The predicted octanol–water partition coefficient (Wildman–Crippen LogP) is 1.28. The van der Waals surface area contributed by atoms with Crippen molar-refractivity contribution < 1.29 is 9.90 Å². The lowest BCUT2D eigenvalue weighted by Crippen LogP contribution is -2.17. The third kappa shape index (κ3) is 0.681. The number of hydrogen-bond donors (Lipinski definition) is 1. The van der Waals surface area contributed by atoms with Crippen molar-refractivity contribution in [1.82, 2.24) is 0 Å². The van der Waals surface area contributed by atoms with Crippen molar-refractivity contribution in [3.63, 3.8) is 0 Å². The van der Waals surface area contributed by atoms with Crippen molar-refractivity contribution in [1.29, 1.82) is 0 Å². The molecule has 0 heterocycles. The molecule has 1 fully saturated rings. The highest BCUT2D eigenvalue weighted by Crippen LogP contribution is 2.43. The fourth-order valence-corrected chi connectivity index (χ4v) is 2.06. The van der Waals surface area contributed by atoms with Gasteiger partial charge in [-0.3, -0.25) is 4.79 Å². The zero-order valence-corrected chi connectivity index (χ0v) is 5.66. The first-order chi connectivity index (χ1) is 4.77. The molecule has 2 rings (SSSR count). The first-order valence-corrected chi connectivity index (χ1v) is 3.68. The second-order valence-electron chi connectivity index (χ2n) is 3.22. The molecule has 0 spiro atoms. The number of carboxylic acid groups (broad SMARTS) is 1. The van der Waals surface area contributed by atoms with E-state index in [-0.39, 0.29) is 5.92 Å². The standard InChI is InChI=1S/C8H10O2/c9-8(10)7-4-5-1-2-6(7)3-5/h1-2,5-7H,3-4H2,(H,9,10)/t5-,6?,7?/m0/s1. The Morgan fingerprint density at radius 3 is 2.50 bits per heavy atom. The van der Waals surface area contributed by atoms with E-state index >= 15 is 0 Å². The monoisotopic (exact) mass is 138 g/mol. The van der Waals surface area contributed by atoms with E-state index in [1.807, 2.05) is 0 Å². The van der Waals surface area contributed by atoms with Gasteiger partial charge in [0, 0.05) is 0 Å². The number of rotatable bonds is 1. The van der Waals surface area contributed by atoms with Crippen LogP contribution in [-0.4, -0.2) is 11.1 Å². The van der Waals surface area contributed by atoms with Gasteiger partial charge in [-0.25, -0.2) is 0 Å². The molecule has 1 saturated carbocycles. The fourth-order valence-electron chi connectivity index (χ4n) is 2.06. The van der Waals surface area contributed by atoms with Crippen molar-refractivity contribution >= 4 is 5.97 Å². The minimum absolute atomic E-state index is 0.0741. The summed E-state index contributed by atoms with van der Waals surface area (Å²) in [7, 11) is 0. The van der Waals surface area contributed by atoms with Crippen LogP contribution >= 0.6 is 0 Å². The number of aliphatic carboxylic acids is 1. The van der Waals surface area contributed by atoms with Crippen molar-refractivity contribution in [3.05, 3.63) is 12.2 Å². The van der Waals surface area contributed by atoms with E-state index in [2.05, 4.69) is 12.2 Å². The Morgan fingerprint density at radius 1 is 1.40 bits per heavy atom. The van der Waals surface area contributed by atoms with Gasteiger partial charge in [0.1, 0.15) is 0 Å². The summed E-state index contributed by atoms with van der Waals surface area (Å²) < 4.78 is 0. The maximum absolute atomic E-state index is 10.6. The van der Waals surface area contributed by atoms with Crippen molar-refractivity contribution in [2.24, 2.45) is 17.8 Å². The zero-order valence-electron chi connectivity index (χ0n) is 5.66. The van der Waals surface area contributed by atoms with Crippen LogP contribution in [0.15, 0.2) is 12.2 Å². The Morgan fingerprint density at radius 2 is 2.20 bits per heavy atom. The molecule has 2 nitrogen and oxygen atoms in total. The second-order valence-corrected chi connectivity index (χ2v) is 3.22. The second kappa shape index (κ2) is 1.84. The lowest BCUT2D eigenvalue weighted by atomic mass is 9.94. The SMILES string of the molecule is O=C(O)C1C[C@H]2C=CC1C2. The molecule has 54 valence electrons. The van der Waals surface area contributed by atoms with E-state index in [4.69, 9.17) is 5.11 Å². The van der Waals surface area contributed by atoms with E-state index in [0.717, 1.165) is 12.8 Å². The molecule has 0 radical (unpaired) electrons. The number of allylic oxidation sites excluding steroid dienone is 2. The summed E-state index contributed by atoms with van der Waals surface area (Å²) in [5.41, 5.74) is 0. The van der Waals surface area contributed by atoms with E-state index in [1.165, 1.54) is 0 Å². The summed E-state index contributed by atoms with van der Waals surface area (Å²) in [6, 6.07) is 0. The summed E-state index contributed by atoms with van der Waals surface area (Å²) in [6.07, 6.45) is 6.17. The number of carboxylic acids is 1. The average Bonchev–Trinajstić information content (AvgIpc) is 2.44. The smallest absolute Gasteiger partial charge is 0.307 e. The van der Waals surface area contributed by atoms with Crippen LogP contribution in [0.1, 0.15) is 12.8 Å². The van der Waals surface area contributed by atoms with E-state index < -0.39 is 5.97 Å². The molecule has 2 heteroatoms. The van der Waals surface area contributed by atoms with Crippen LogP contribution in [0.5, 0.6) is 0 Å². The molecule has 2 aliphatic rings. The quantitative estimate of drug-likeness (QED) is 0.554. The summed E-state index contributed by atoms with van der Waals surface area (Å²) in [5, 5.41) is 8.70. The van der Waals surface area contributed by atoms with Crippen LogP contribution in [0.25, 0.3) is 0 Å². The Labute approximate surface area is 59.5 Å². The number of hydrogen-bond acceptors (Lipinski definition) is 1. The molecule has 2 unspecified atom stereocenters. The molecule has 2 bridgehead atoms. The number of carbonyl (C=O) groups is 1. The van der Waals surface area contributed by atoms with Gasteiger partial charge in [0.05, 0.1) is 5.92 Å². The van der Waals surface area contributed by atoms with Gasteiger partial charge in [-0.1, -0.05) is 12.2 Å². The first-order valence-electron chi connectivity index (χ1n) is 3.68. The van der Waals surface area contributed by atoms with Gasteiger partial charge in [-0.15, -0.1) is 0 Å². The summed E-state index contributed by atoms with van der Waals surface area (Å²) in [4.78, 5) is 10.6. The molecule has 3 atom stereocenters. The molecule has 0 aromatic heterocycles.